The molecule has 1 aromatic carbocycles. The summed E-state index contributed by atoms with van der Waals surface area (Å²) < 4.78 is 0.944. The third-order valence-electron chi connectivity index (χ3n) is 4.34. The van der Waals surface area contributed by atoms with Crippen LogP contribution in [0.4, 0.5) is 0 Å². The third-order valence-corrected chi connectivity index (χ3v) is 4.87. The number of rotatable bonds is 7. The number of nitrogens with one attached hydrogen (secondary N) is 2. The molecule has 126 valence electrons. The second-order valence-corrected chi connectivity index (χ2v) is 7.07. The molecule has 0 saturated heterocycles. The Hall–Kier alpha value is -1.36. The molecule has 0 spiro atoms. The van der Waals surface area contributed by atoms with Crippen molar-refractivity contribution in [2.45, 2.75) is 44.9 Å². The molecular formula is C18H25BrN2O2. The average Bonchev–Trinajstić information content (AvgIpc) is 2.58. The Morgan fingerprint density at radius 2 is 1.65 bits per heavy atom. The second-order valence-electron chi connectivity index (χ2n) is 6.16. The molecule has 5 heteroatoms. The lowest BCUT2D eigenvalue weighted by Crippen LogP contribution is -2.34. The summed E-state index contributed by atoms with van der Waals surface area (Å²) in [5, 5.41) is 5.69. The molecule has 1 aliphatic carbocycles. The molecule has 23 heavy (non-hydrogen) atoms. The Kier molecular flexibility index (Phi) is 7.59. The SMILES string of the molecule is O=C(CCC1CCCCC1)NCCNC(=O)c1ccc(Br)cc1. The minimum absolute atomic E-state index is 0.0912. The van der Waals surface area contributed by atoms with Gasteiger partial charge < -0.3 is 10.6 Å². The van der Waals surface area contributed by atoms with Crippen molar-refractivity contribution in [1.82, 2.24) is 10.6 Å². The maximum Gasteiger partial charge on any atom is 0.251 e. The van der Waals surface area contributed by atoms with Gasteiger partial charge in [-0.1, -0.05) is 48.0 Å². The fourth-order valence-corrected chi connectivity index (χ4v) is 3.25. The first-order chi connectivity index (χ1) is 11.1. The predicted octanol–water partition coefficient (Wildman–Crippen LogP) is 3.66. The van der Waals surface area contributed by atoms with E-state index in [0.29, 0.717) is 25.1 Å². The smallest absolute Gasteiger partial charge is 0.251 e. The lowest BCUT2D eigenvalue weighted by Gasteiger charge is -2.20. The Labute approximate surface area is 146 Å². The van der Waals surface area contributed by atoms with Gasteiger partial charge in [0.15, 0.2) is 0 Å². The van der Waals surface area contributed by atoms with Crippen LogP contribution < -0.4 is 10.6 Å². The number of carbonyl (C=O) groups is 2. The molecule has 4 nitrogen and oxygen atoms in total. The summed E-state index contributed by atoms with van der Waals surface area (Å²) >= 11 is 3.34. The van der Waals surface area contributed by atoms with Crippen LogP contribution in [0.5, 0.6) is 0 Å². The van der Waals surface area contributed by atoms with Crippen molar-refractivity contribution in [3.05, 3.63) is 34.3 Å². The maximum atomic E-state index is 11.9. The normalized spacial score (nSPS) is 15.2. The van der Waals surface area contributed by atoms with Gasteiger partial charge in [0, 0.05) is 29.5 Å². The van der Waals surface area contributed by atoms with E-state index in [1.54, 1.807) is 12.1 Å². The first kappa shape index (κ1) is 18.0. The highest BCUT2D eigenvalue weighted by Crippen LogP contribution is 2.27. The molecule has 2 N–H and O–H groups in total. The van der Waals surface area contributed by atoms with Crippen LogP contribution >= 0.6 is 15.9 Å². The van der Waals surface area contributed by atoms with Gasteiger partial charge in [-0.3, -0.25) is 9.59 Å². The van der Waals surface area contributed by atoms with E-state index in [4.69, 9.17) is 0 Å². The highest BCUT2D eigenvalue weighted by Gasteiger charge is 2.14. The number of carbonyl (C=O) groups excluding carboxylic acids is 2. The lowest BCUT2D eigenvalue weighted by molar-refractivity contribution is -0.121. The lowest BCUT2D eigenvalue weighted by atomic mass is 9.86. The van der Waals surface area contributed by atoms with E-state index in [2.05, 4.69) is 26.6 Å². The number of amides is 2. The van der Waals surface area contributed by atoms with Crippen molar-refractivity contribution in [2.24, 2.45) is 5.92 Å². The number of halogens is 1. The molecule has 1 aromatic rings. The highest BCUT2D eigenvalue weighted by atomic mass is 79.9. The first-order valence-electron chi connectivity index (χ1n) is 8.45. The minimum atomic E-state index is -0.117. The predicted molar refractivity (Wildman–Crippen MR) is 95.3 cm³/mol. The molecule has 2 rings (SSSR count). The van der Waals surface area contributed by atoms with E-state index in [-0.39, 0.29) is 11.8 Å². The van der Waals surface area contributed by atoms with Gasteiger partial charge in [0.2, 0.25) is 5.91 Å². The monoisotopic (exact) mass is 380 g/mol. The van der Waals surface area contributed by atoms with Gasteiger partial charge in [-0.25, -0.2) is 0 Å². The largest absolute Gasteiger partial charge is 0.354 e. The number of benzene rings is 1. The van der Waals surface area contributed by atoms with Gasteiger partial charge in [0.1, 0.15) is 0 Å². The van der Waals surface area contributed by atoms with Crippen LogP contribution in [0, 0.1) is 5.92 Å². The maximum absolute atomic E-state index is 11.9. The molecule has 0 radical (unpaired) electrons. The second kappa shape index (κ2) is 9.71. The minimum Gasteiger partial charge on any atom is -0.354 e. The van der Waals surface area contributed by atoms with Crippen LogP contribution in [0.2, 0.25) is 0 Å². The van der Waals surface area contributed by atoms with E-state index in [9.17, 15) is 9.59 Å². The van der Waals surface area contributed by atoms with E-state index in [1.165, 1.54) is 32.1 Å². The van der Waals surface area contributed by atoms with Crippen LogP contribution in [0.3, 0.4) is 0 Å². The van der Waals surface area contributed by atoms with Gasteiger partial charge in [0.05, 0.1) is 0 Å². The van der Waals surface area contributed by atoms with Crippen molar-refractivity contribution in [1.29, 1.82) is 0 Å². The zero-order chi connectivity index (χ0) is 16.5. The Bertz CT molecular complexity index is 510. The van der Waals surface area contributed by atoms with Crippen LogP contribution in [0.1, 0.15) is 55.3 Å². The summed E-state index contributed by atoms with van der Waals surface area (Å²) in [6, 6.07) is 7.20. The summed E-state index contributed by atoms with van der Waals surface area (Å²) in [6.07, 6.45) is 8.12. The third kappa shape index (κ3) is 6.73. The average molecular weight is 381 g/mol. The van der Waals surface area contributed by atoms with Crippen molar-refractivity contribution >= 4 is 27.7 Å². The zero-order valence-corrected chi connectivity index (χ0v) is 15.0. The van der Waals surface area contributed by atoms with Gasteiger partial charge in [0.25, 0.3) is 5.91 Å². The van der Waals surface area contributed by atoms with E-state index >= 15 is 0 Å². The standard InChI is InChI=1S/C18H25BrN2O2/c19-16-9-7-15(8-10-16)18(23)21-13-12-20-17(22)11-6-14-4-2-1-3-5-14/h7-10,14H,1-6,11-13H2,(H,20,22)(H,21,23). The van der Waals surface area contributed by atoms with E-state index in [1.807, 2.05) is 12.1 Å². The summed E-state index contributed by atoms with van der Waals surface area (Å²) in [5.41, 5.74) is 0.622. The molecule has 0 atom stereocenters. The number of hydrogen-bond donors (Lipinski definition) is 2. The van der Waals surface area contributed by atoms with Gasteiger partial charge >= 0.3 is 0 Å². The van der Waals surface area contributed by atoms with E-state index in [0.717, 1.165) is 16.8 Å². The molecule has 0 aliphatic heterocycles. The van der Waals surface area contributed by atoms with Crippen molar-refractivity contribution in [2.75, 3.05) is 13.1 Å². The fourth-order valence-electron chi connectivity index (χ4n) is 2.98. The van der Waals surface area contributed by atoms with Crippen LogP contribution in [0.25, 0.3) is 0 Å². The van der Waals surface area contributed by atoms with Crippen LogP contribution in [0.15, 0.2) is 28.7 Å². The van der Waals surface area contributed by atoms with Crippen molar-refractivity contribution < 1.29 is 9.59 Å². The molecular weight excluding hydrogens is 356 g/mol. The molecule has 2 amide bonds. The molecule has 1 aliphatic rings. The van der Waals surface area contributed by atoms with Crippen LogP contribution in [-0.4, -0.2) is 24.9 Å². The molecule has 0 heterocycles. The molecule has 1 fully saturated rings. The Balaban J connectivity index is 1.56. The topological polar surface area (TPSA) is 58.2 Å². The number of hydrogen-bond acceptors (Lipinski definition) is 2. The van der Waals surface area contributed by atoms with Crippen molar-refractivity contribution in [3.8, 4) is 0 Å². The van der Waals surface area contributed by atoms with Gasteiger partial charge in [-0.2, -0.15) is 0 Å². The Morgan fingerprint density at radius 1 is 1.00 bits per heavy atom. The van der Waals surface area contributed by atoms with Gasteiger partial charge in [-0.15, -0.1) is 0 Å². The highest BCUT2D eigenvalue weighted by molar-refractivity contribution is 9.10. The Morgan fingerprint density at radius 3 is 2.35 bits per heavy atom. The summed E-state index contributed by atoms with van der Waals surface area (Å²) in [6.45, 7) is 0.926. The zero-order valence-electron chi connectivity index (χ0n) is 13.4. The summed E-state index contributed by atoms with van der Waals surface area (Å²) in [5.74, 6) is 0.703. The summed E-state index contributed by atoms with van der Waals surface area (Å²) in [7, 11) is 0. The van der Waals surface area contributed by atoms with Gasteiger partial charge in [-0.05, 0) is 36.6 Å². The summed E-state index contributed by atoms with van der Waals surface area (Å²) in [4.78, 5) is 23.7. The molecule has 1 saturated carbocycles. The quantitative estimate of drug-likeness (QED) is 0.709. The fraction of sp³-hybridized carbons (Fsp3) is 0.556. The van der Waals surface area contributed by atoms with Crippen LogP contribution in [-0.2, 0) is 4.79 Å². The molecule has 0 unspecified atom stereocenters. The van der Waals surface area contributed by atoms with Crippen molar-refractivity contribution in [3.63, 3.8) is 0 Å². The molecule has 0 bridgehead atoms. The first-order valence-corrected chi connectivity index (χ1v) is 9.25. The van der Waals surface area contributed by atoms with E-state index < -0.39 is 0 Å². The molecule has 0 aromatic heterocycles.